The van der Waals surface area contributed by atoms with Crippen molar-refractivity contribution in [1.29, 1.82) is 0 Å². The number of nitrogens with zero attached hydrogens (tertiary/aromatic N) is 6. The maximum absolute atomic E-state index is 12.3. The third-order valence-electron chi connectivity index (χ3n) is 4.52. The Morgan fingerprint density at radius 3 is 2.81 bits per heavy atom. The highest BCUT2D eigenvalue weighted by molar-refractivity contribution is 5.91. The number of ether oxygens (including phenoxy) is 1. The molecule has 144 valence electrons. The molecule has 1 aromatic carbocycles. The lowest BCUT2D eigenvalue weighted by Crippen LogP contribution is -2.19. The summed E-state index contributed by atoms with van der Waals surface area (Å²) in [5, 5.41) is 22.8. The minimum Gasteiger partial charge on any atom is -0.454 e. The van der Waals surface area contributed by atoms with Crippen LogP contribution < -0.4 is 4.90 Å². The fraction of sp³-hybridized carbons (Fsp3) is 0.529. The first-order valence-corrected chi connectivity index (χ1v) is 9.05. The van der Waals surface area contributed by atoms with Crippen molar-refractivity contribution < 1.29 is 14.5 Å². The van der Waals surface area contributed by atoms with Crippen LogP contribution >= 0.6 is 0 Å². The van der Waals surface area contributed by atoms with E-state index in [0.29, 0.717) is 18.1 Å². The van der Waals surface area contributed by atoms with Gasteiger partial charge in [0.15, 0.2) is 12.4 Å². The summed E-state index contributed by atoms with van der Waals surface area (Å²) in [7, 11) is 0. The minimum atomic E-state index is -0.642. The van der Waals surface area contributed by atoms with Gasteiger partial charge < -0.3 is 9.64 Å². The molecular formula is C17H22N6O4. The third kappa shape index (κ3) is 4.39. The molecule has 1 aliphatic heterocycles. The monoisotopic (exact) mass is 374 g/mol. The molecule has 3 rings (SSSR count). The Balaban J connectivity index is 1.70. The van der Waals surface area contributed by atoms with E-state index in [-0.39, 0.29) is 17.9 Å². The molecular weight excluding hydrogens is 352 g/mol. The number of hydrogen-bond acceptors (Lipinski definition) is 8. The van der Waals surface area contributed by atoms with Gasteiger partial charge in [-0.2, -0.15) is 0 Å². The van der Waals surface area contributed by atoms with Crippen LogP contribution in [0.1, 0.15) is 48.8 Å². The zero-order chi connectivity index (χ0) is 19.2. The summed E-state index contributed by atoms with van der Waals surface area (Å²) in [5.41, 5.74) is 0.592. The van der Waals surface area contributed by atoms with Crippen molar-refractivity contribution in [3.8, 4) is 0 Å². The SMILES string of the molecule is CCCCn1nnnc1COC(=O)c1ccc(N2CCCC2)c([N+](=O)[O-])c1. The first-order valence-electron chi connectivity index (χ1n) is 9.05. The number of nitro benzene ring substituents is 1. The molecule has 1 aromatic heterocycles. The molecule has 27 heavy (non-hydrogen) atoms. The topological polar surface area (TPSA) is 116 Å². The predicted octanol–water partition coefficient (Wildman–Crippen LogP) is 2.34. The zero-order valence-corrected chi connectivity index (χ0v) is 15.2. The molecule has 0 bridgehead atoms. The van der Waals surface area contributed by atoms with Crippen LogP contribution in [0.2, 0.25) is 0 Å². The van der Waals surface area contributed by atoms with Crippen LogP contribution in [0.3, 0.4) is 0 Å². The van der Waals surface area contributed by atoms with Crippen molar-refractivity contribution in [2.75, 3.05) is 18.0 Å². The van der Waals surface area contributed by atoms with Gasteiger partial charge in [-0.3, -0.25) is 10.1 Å². The van der Waals surface area contributed by atoms with Gasteiger partial charge in [-0.25, -0.2) is 9.48 Å². The van der Waals surface area contributed by atoms with Gasteiger partial charge in [-0.1, -0.05) is 13.3 Å². The summed E-state index contributed by atoms with van der Waals surface area (Å²) in [6.07, 6.45) is 3.92. The molecule has 0 aliphatic carbocycles. The van der Waals surface area contributed by atoms with Crippen molar-refractivity contribution in [2.45, 2.75) is 45.8 Å². The van der Waals surface area contributed by atoms with Gasteiger partial charge in [0, 0.05) is 25.7 Å². The highest BCUT2D eigenvalue weighted by Gasteiger charge is 2.24. The first kappa shape index (κ1) is 18.7. The minimum absolute atomic E-state index is 0.0841. The summed E-state index contributed by atoms with van der Waals surface area (Å²) in [5.74, 6) is -0.198. The first-order chi connectivity index (χ1) is 13.1. The zero-order valence-electron chi connectivity index (χ0n) is 15.2. The van der Waals surface area contributed by atoms with Crippen molar-refractivity contribution in [1.82, 2.24) is 20.2 Å². The number of benzene rings is 1. The van der Waals surface area contributed by atoms with Gasteiger partial charge in [0.25, 0.3) is 5.69 Å². The van der Waals surface area contributed by atoms with E-state index in [4.69, 9.17) is 4.74 Å². The van der Waals surface area contributed by atoms with Gasteiger partial charge in [0.2, 0.25) is 0 Å². The Hall–Kier alpha value is -3.04. The number of rotatable bonds is 8. The number of aromatic nitrogens is 4. The van der Waals surface area contributed by atoms with E-state index in [0.717, 1.165) is 38.8 Å². The summed E-state index contributed by atoms with van der Waals surface area (Å²) >= 11 is 0. The summed E-state index contributed by atoms with van der Waals surface area (Å²) in [6, 6.07) is 4.45. The lowest BCUT2D eigenvalue weighted by atomic mass is 10.1. The second-order valence-corrected chi connectivity index (χ2v) is 6.40. The molecule has 10 heteroatoms. The molecule has 0 atom stereocenters. The molecule has 1 fully saturated rings. The van der Waals surface area contributed by atoms with Crippen LogP contribution in [0.4, 0.5) is 11.4 Å². The number of carbonyl (C=O) groups excluding carboxylic acids is 1. The number of hydrogen-bond donors (Lipinski definition) is 0. The molecule has 0 N–H and O–H groups in total. The third-order valence-corrected chi connectivity index (χ3v) is 4.52. The van der Waals surface area contributed by atoms with Crippen molar-refractivity contribution >= 4 is 17.3 Å². The highest BCUT2D eigenvalue weighted by Crippen LogP contribution is 2.31. The van der Waals surface area contributed by atoms with E-state index in [2.05, 4.69) is 22.4 Å². The summed E-state index contributed by atoms with van der Waals surface area (Å²) in [4.78, 5) is 25.3. The molecule has 1 saturated heterocycles. The van der Waals surface area contributed by atoms with Crippen LogP contribution in [0.25, 0.3) is 0 Å². The van der Waals surface area contributed by atoms with E-state index in [1.165, 1.54) is 6.07 Å². The fourth-order valence-electron chi connectivity index (χ4n) is 3.04. The van der Waals surface area contributed by atoms with E-state index in [1.807, 2.05) is 4.90 Å². The largest absolute Gasteiger partial charge is 0.454 e. The number of tetrazole rings is 1. The van der Waals surface area contributed by atoms with E-state index in [1.54, 1.807) is 16.8 Å². The number of nitro groups is 1. The Morgan fingerprint density at radius 2 is 2.11 bits per heavy atom. The molecule has 10 nitrogen and oxygen atoms in total. The number of anilines is 1. The Labute approximate surface area is 156 Å². The molecule has 0 spiro atoms. The number of carbonyl (C=O) groups is 1. The standard InChI is InChI=1S/C17H22N6O4/c1-2-3-10-22-16(18-19-20-22)12-27-17(24)13-6-7-14(15(11-13)23(25)26)21-8-4-5-9-21/h6-7,11H,2-5,8-10,12H2,1H3. The quantitative estimate of drug-likeness (QED) is 0.393. The van der Waals surface area contributed by atoms with Crippen LogP contribution in [0, 0.1) is 10.1 Å². The lowest BCUT2D eigenvalue weighted by Gasteiger charge is -2.17. The van der Waals surface area contributed by atoms with Gasteiger partial charge in [0.05, 0.1) is 10.5 Å². The molecule has 0 amide bonds. The van der Waals surface area contributed by atoms with Crippen LogP contribution in [-0.2, 0) is 17.9 Å². The number of esters is 1. The van der Waals surface area contributed by atoms with Crippen molar-refractivity contribution in [3.63, 3.8) is 0 Å². The van der Waals surface area contributed by atoms with Crippen LogP contribution in [0.5, 0.6) is 0 Å². The molecule has 0 saturated carbocycles. The summed E-state index contributed by atoms with van der Waals surface area (Å²) < 4.78 is 6.85. The number of aryl methyl sites for hydroxylation is 1. The van der Waals surface area contributed by atoms with Crippen LogP contribution in [-0.4, -0.2) is 44.2 Å². The predicted molar refractivity (Wildman–Crippen MR) is 96.4 cm³/mol. The molecule has 2 heterocycles. The Kier molecular flexibility index (Phi) is 5.94. The average molecular weight is 374 g/mol. The Bertz CT molecular complexity index is 816. The fourth-order valence-corrected chi connectivity index (χ4v) is 3.04. The average Bonchev–Trinajstić information content (AvgIpc) is 3.35. The molecule has 0 unspecified atom stereocenters. The highest BCUT2D eigenvalue weighted by atomic mass is 16.6. The van der Waals surface area contributed by atoms with Crippen molar-refractivity contribution in [3.05, 3.63) is 39.7 Å². The van der Waals surface area contributed by atoms with Gasteiger partial charge in [0.1, 0.15) is 5.69 Å². The number of unbranched alkanes of at least 4 members (excludes halogenated alkanes) is 1. The normalized spacial score (nSPS) is 13.7. The van der Waals surface area contributed by atoms with E-state index < -0.39 is 10.9 Å². The lowest BCUT2D eigenvalue weighted by molar-refractivity contribution is -0.384. The molecule has 1 aliphatic rings. The maximum Gasteiger partial charge on any atom is 0.338 e. The Morgan fingerprint density at radius 1 is 1.33 bits per heavy atom. The van der Waals surface area contributed by atoms with Crippen molar-refractivity contribution in [2.24, 2.45) is 0 Å². The van der Waals surface area contributed by atoms with E-state index >= 15 is 0 Å². The second-order valence-electron chi connectivity index (χ2n) is 6.40. The second kappa shape index (κ2) is 8.56. The van der Waals surface area contributed by atoms with Gasteiger partial charge in [-0.05, 0) is 41.8 Å². The molecule has 0 radical (unpaired) electrons. The van der Waals surface area contributed by atoms with E-state index in [9.17, 15) is 14.9 Å². The van der Waals surface area contributed by atoms with Gasteiger partial charge in [-0.15, -0.1) is 5.10 Å². The summed E-state index contributed by atoms with van der Waals surface area (Å²) in [6.45, 7) is 4.18. The maximum atomic E-state index is 12.3. The smallest absolute Gasteiger partial charge is 0.338 e. The van der Waals surface area contributed by atoms with Gasteiger partial charge >= 0.3 is 5.97 Å². The van der Waals surface area contributed by atoms with Crippen LogP contribution in [0.15, 0.2) is 18.2 Å². The molecule has 2 aromatic rings.